The zero-order valence-electron chi connectivity index (χ0n) is 18.9. The lowest BCUT2D eigenvalue weighted by molar-refractivity contribution is 0.266. The Kier molecular flexibility index (Phi) is 7.82. The number of thiocarbonyl (C=S) groups is 1. The number of rotatable bonds is 8. The first-order chi connectivity index (χ1) is 14.9. The standard InChI is InChI=1S/C25H32N4OS/c1-5-28(6-2)12-13-29(25(31)26-21-10-8-7-9-11-21)17-20-16-22-19(4)14-18(3)15-23(22)27-24(20)30/h7-11,14-16H,5-6,12-13,17H2,1-4H3,(H,26,31)(H,27,30). The van der Waals surface area contributed by atoms with Gasteiger partial charge in [0.05, 0.1) is 6.54 Å². The lowest BCUT2D eigenvalue weighted by atomic mass is 10.0. The van der Waals surface area contributed by atoms with Crippen molar-refractivity contribution in [2.45, 2.75) is 34.2 Å². The fourth-order valence-electron chi connectivity index (χ4n) is 3.82. The summed E-state index contributed by atoms with van der Waals surface area (Å²) in [5, 5.41) is 5.02. The van der Waals surface area contributed by atoms with Crippen LogP contribution in [0.3, 0.4) is 0 Å². The number of fused-ring (bicyclic) bond motifs is 1. The van der Waals surface area contributed by atoms with Crippen LogP contribution in [0.2, 0.25) is 0 Å². The summed E-state index contributed by atoms with van der Waals surface area (Å²) in [5.74, 6) is 0. The van der Waals surface area contributed by atoms with Crippen molar-refractivity contribution in [3.8, 4) is 0 Å². The summed E-state index contributed by atoms with van der Waals surface area (Å²) in [6, 6.07) is 16.1. The van der Waals surface area contributed by atoms with E-state index in [2.05, 4.69) is 46.9 Å². The van der Waals surface area contributed by atoms with Crippen LogP contribution in [0.5, 0.6) is 0 Å². The third-order valence-corrected chi connectivity index (χ3v) is 6.00. The molecule has 0 atom stereocenters. The Morgan fingerprint density at radius 1 is 1.03 bits per heavy atom. The fraction of sp³-hybridized carbons (Fsp3) is 0.360. The molecule has 3 aromatic rings. The maximum atomic E-state index is 12.9. The third-order valence-electron chi connectivity index (χ3n) is 5.64. The Balaban J connectivity index is 1.88. The minimum absolute atomic E-state index is 0.0622. The van der Waals surface area contributed by atoms with Gasteiger partial charge in [0.15, 0.2) is 5.11 Å². The summed E-state index contributed by atoms with van der Waals surface area (Å²) in [5.41, 5.74) is 4.78. The molecule has 0 aliphatic carbocycles. The van der Waals surface area contributed by atoms with Crippen LogP contribution in [0.4, 0.5) is 5.69 Å². The normalized spacial score (nSPS) is 11.1. The minimum Gasteiger partial charge on any atom is -0.343 e. The van der Waals surface area contributed by atoms with E-state index in [1.807, 2.05) is 49.4 Å². The molecule has 0 aliphatic rings. The quantitative estimate of drug-likeness (QED) is 0.502. The number of aryl methyl sites for hydroxylation is 2. The molecule has 0 radical (unpaired) electrons. The number of aromatic amines is 1. The van der Waals surface area contributed by atoms with Gasteiger partial charge < -0.3 is 20.1 Å². The molecule has 2 N–H and O–H groups in total. The zero-order valence-corrected chi connectivity index (χ0v) is 19.7. The second-order valence-electron chi connectivity index (χ2n) is 7.91. The highest BCUT2D eigenvalue weighted by atomic mass is 32.1. The Bertz CT molecular complexity index is 1090. The molecule has 6 heteroatoms. The first-order valence-corrected chi connectivity index (χ1v) is 11.3. The van der Waals surface area contributed by atoms with Crippen LogP contribution in [0.15, 0.2) is 53.3 Å². The zero-order chi connectivity index (χ0) is 22.4. The number of likely N-dealkylation sites (N-methyl/N-ethyl adjacent to an activating group) is 1. The molecular weight excluding hydrogens is 404 g/mol. The van der Waals surface area contributed by atoms with Crippen molar-refractivity contribution in [1.82, 2.24) is 14.8 Å². The van der Waals surface area contributed by atoms with Gasteiger partial charge in [-0.25, -0.2) is 0 Å². The molecule has 2 aromatic carbocycles. The molecule has 0 amide bonds. The van der Waals surface area contributed by atoms with Crippen molar-refractivity contribution in [3.63, 3.8) is 0 Å². The molecule has 164 valence electrons. The Labute approximate surface area is 190 Å². The van der Waals surface area contributed by atoms with E-state index in [0.717, 1.165) is 59.5 Å². The number of hydrogen-bond acceptors (Lipinski definition) is 3. The van der Waals surface area contributed by atoms with Crippen molar-refractivity contribution >= 4 is 33.9 Å². The second kappa shape index (κ2) is 10.6. The number of H-pyrrole nitrogens is 1. The average molecular weight is 437 g/mol. The summed E-state index contributed by atoms with van der Waals surface area (Å²) in [6.45, 7) is 12.5. The molecule has 0 fully saturated rings. The summed E-state index contributed by atoms with van der Waals surface area (Å²) in [6.07, 6.45) is 0. The van der Waals surface area contributed by atoms with Gasteiger partial charge in [-0.15, -0.1) is 0 Å². The van der Waals surface area contributed by atoms with Crippen LogP contribution in [-0.4, -0.2) is 46.1 Å². The molecule has 5 nitrogen and oxygen atoms in total. The number of aromatic nitrogens is 1. The van der Waals surface area contributed by atoms with E-state index in [9.17, 15) is 4.79 Å². The summed E-state index contributed by atoms with van der Waals surface area (Å²) >= 11 is 5.75. The van der Waals surface area contributed by atoms with Crippen LogP contribution in [0, 0.1) is 13.8 Å². The van der Waals surface area contributed by atoms with Gasteiger partial charge in [0.2, 0.25) is 0 Å². The molecule has 0 spiro atoms. The van der Waals surface area contributed by atoms with Gasteiger partial charge in [-0.2, -0.15) is 0 Å². The molecule has 3 rings (SSSR count). The van der Waals surface area contributed by atoms with Gasteiger partial charge in [0.25, 0.3) is 5.56 Å². The van der Waals surface area contributed by atoms with Gasteiger partial charge >= 0.3 is 0 Å². The van der Waals surface area contributed by atoms with E-state index in [4.69, 9.17) is 12.2 Å². The number of para-hydroxylation sites is 1. The van der Waals surface area contributed by atoms with Crippen LogP contribution in [0.25, 0.3) is 10.9 Å². The smallest absolute Gasteiger partial charge is 0.253 e. The molecule has 1 heterocycles. The lowest BCUT2D eigenvalue weighted by Crippen LogP contribution is -2.41. The van der Waals surface area contributed by atoms with E-state index < -0.39 is 0 Å². The number of benzene rings is 2. The first-order valence-electron chi connectivity index (χ1n) is 10.9. The molecule has 1 aromatic heterocycles. The fourth-order valence-corrected chi connectivity index (χ4v) is 4.09. The minimum atomic E-state index is -0.0622. The van der Waals surface area contributed by atoms with Gasteiger partial charge in [-0.05, 0) is 74.5 Å². The molecule has 0 saturated heterocycles. The molecule has 0 bridgehead atoms. The highest BCUT2D eigenvalue weighted by Crippen LogP contribution is 2.19. The first kappa shape index (κ1) is 23.0. The highest BCUT2D eigenvalue weighted by Gasteiger charge is 2.15. The van der Waals surface area contributed by atoms with E-state index in [1.54, 1.807) is 0 Å². The predicted molar refractivity (Wildman–Crippen MR) is 135 cm³/mol. The van der Waals surface area contributed by atoms with Crippen LogP contribution in [0.1, 0.15) is 30.5 Å². The molecule has 0 aliphatic heterocycles. The number of nitrogens with zero attached hydrogens (tertiary/aromatic N) is 2. The number of pyridine rings is 1. The van der Waals surface area contributed by atoms with Crippen LogP contribution < -0.4 is 10.9 Å². The maximum Gasteiger partial charge on any atom is 0.253 e. The SMILES string of the molecule is CCN(CC)CCN(Cc1cc2c(C)cc(C)cc2[nH]c1=O)C(=S)Nc1ccccc1. The van der Waals surface area contributed by atoms with Crippen LogP contribution >= 0.6 is 12.2 Å². The van der Waals surface area contributed by atoms with E-state index in [-0.39, 0.29) is 5.56 Å². The molecule has 0 unspecified atom stereocenters. The van der Waals surface area contributed by atoms with E-state index in [0.29, 0.717) is 11.7 Å². The monoisotopic (exact) mass is 436 g/mol. The Hall–Kier alpha value is -2.70. The van der Waals surface area contributed by atoms with Crippen LogP contribution in [-0.2, 0) is 6.54 Å². The van der Waals surface area contributed by atoms with Crippen molar-refractivity contribution in [2.24, 2.45) is 0 Å². The number of anilines is 1. The van der Waals surface area contributed by atoms with Gasteiger partial charge in [-0.3, -0.25) is 4.79 Å². The molecular formula is C25H32N4OS. The van der Waals surface area contributed by atoms with Gasteiger partial charge in [0.1, 0.15) is 0 Å². The van der Waals surface area contributed by atoms with Gasteiger partial charge in [-0.1, -0.05) is 38.1 Å². The van der Waals surface area contributed by atoms with Crippen molar-refractivity contribution in [1.29, 1.82) is 0 Å². The number of hydrogen-bond donors (Lipinski definition) is 2. The predicted octanol–water partition coefficient (Wildman–Crippen LogP) is 4.69. The molecule has 31 heavy (non-hydrogen) atoms. The van der Waals surface area contributed by atoms with Gasteiger partial charge in [0, 0.05) is 35.2 Å². The van der Waals surface area contributed by atoms with Crippen molar-refractivity contribution < 1.29 is 0 Å². The summed E-state index contributed by atoms with van der Waals surface area (Å²) in [7, 11) is 0. The van der Waals surface area contributed by atoms with Crippen molar-refractivity contribution in [2.75, 3.05) is 31.5 Å². The van der Waals surface area contributed by atoms with Crippen molar-refractivity contribution in [3.05, 3.63) is 75.6 Å². The summed E-state index contributed by atoms with van der Waals surface area (Å²) < 4.78 is 0. The highest BCUT2D eigenvalue weighted by molar-refractivity contribution is 7.80. The second-order valence-corrected chi connectivity index (χ2v) is 8.30. The van der Waals surface area contributed by atoms with E-state index in [1.165, 1.54) is 0 Å². The largest absolute Gasteiger partial charge is 0.343 e. The summed E-state index contributed by atoms with van der Waals surface area (Å²) in [4.78, 5) is 20.4. The number of nitrogens with one attached hydrogen (secondary N) is 2. The lowest BCUT2D eigenvalue weighted by Gasteiger charge is -2.29. The molecule has 0 saturated carbocycles. The average Bonchev–Trinajstić information content (AvgIpc) is 2.74. The Morgan fingerprint density at radius 2 is 1.74 bits per heavy atom. The Morgan fingerprint density at radius 3 is 2.42 bits per heavy atom. The third kappa shape index (κ3) is 5.93. The topological polar surface area (TPSA) is 51.4 Å². The van der Waals surface area contributed by atoms with E-state index >= 15 is 0 Å². The maximum absolute atomic E-state index is 12.9.